The minimum absolute atomic E-state index is 0.278. The van der Waals surface area contributed by atoms with E-state index in [-0.39, 0.29) is 5.82 Å². The first-order chi connectivity index (χ1) is 9.65. The van der Waals surface area contributed by atoms with Crippen LogP contribution in [-0.2, 0) is 0 Å². The summed E-state index contributed by atoms with van der Waals surface area (Å²) in [6, 6.07) is 5.38. The summed E-state index contributed by atoms with van der Waals surface area (Å²) < 4.78 is 13.4. The Hall–Kier alpha value is -1.13. The fourth-order valence-corrected chi connectivity index (χ4v) is 3.51. The predicted molar refractivity (Wildman–Crippen MR) is 78.5 cm³/mol. The van der Waals surface area contributed by atoms with Gasteiger partial charge in [-0.1, -0.05) is 0 Å². The number of benzene rings is 1. The third kappa shape index (κ3) is 2.67. The summed E-state index contributed by atoms with van der Waals surface area (Å²) in [5.74, 6) is -0.278. The number of hydrogen-bond acceptors (Lipinski definition) is 3. The van der Waals surface area contributed by atoms with E-state index in [1.54, 1.807) is 6.92 Å². The van der Waals surface area contributed by atoms with Crippen LogP contribution in [0.5, 0.6) is 0 Å². The van der Waals surface area contributed by atoms with Crippen molar-refractivity contribution in [1.29, 1.82) is 0 Å². The highest BCUT2D eigenvalue weighted by Gasteiger charge is 2.30. The lowest BCUT2D eigenvalue weighted by atomic mass is 10.1. The minimum Gasteiger partial charge on any atom is -0.389 e. The molecule has 1 aromatic carbocycles. The standard InChI is InChI=1S/C16H23FN2O/c1-12(20)15-10-13(17)4-5-16(15)19-9-6-14(11-19)18-7-2-3-8-18/h4-5,10,12,14,20H,2-3,6-9,11H2,1H3/t12-,14?/m0/s1. The molecule has 2 saturated heterocycles. The van der Waals surface area contributed by atoms with E-state index >= 15 is 0 Å². The zero-order valence-corrected chi connectivity index (χ0v) is 12.1. The third-order valence-electron chi connectivity index (χ3n) is 4.60. The fourth-order valence-electron chi connectivity index (χ4n) is 3.51. The van der Waals surface area contributed by atoms with Gasteiger partial charge in [-0.3, -0.25) is 4.90 Å². The van der Waals surface area contributed by atoms with Gasteiger partial charge in [-0.2, -0.15) is 0 Å². The quantitative estimate of drug-likeness (QED) is 0.920. The first kappa shape index (κ1) is 13.8. The molecule has 0 aromatic heterocycles. The van der Waals surface area contributed by atoms with E-state index in [9.17, 15) is 9.50 Å². The van der Waals surface area contributed by atoms with E-state index in [0.29, 0.717) is 11.6 Å². The van der Waals surface area contributed by atoms with Crippen molar-refractivity contribution >= 4 is 5.69 Å². The van der Waals surface area contributed by atoms with Crippen molar-refractivity contribution < 1.29 is 9.50 Å². The highest BCUT2D eigenvalue weighted by molar-refractivity contribution is 5.55. The Morgan fingerprint density at radius 3 is 2.70 bits per heavy atom. The van der Waals surface area contributed by atoms with Crippen LogP contribution >= 0.6 is 0 Å². The Morgan fingerprint density at radius 2 is 2.00 bits per heavy atom. The van der Waals surface area contributed by atoms with Crippen LogP contribution in [0.25, 0.3) is 0 Å². The average molecular weight is 278 g/mol. The molecule has 4 heteroatoms. The molecule has 20 heavy (non-hydrogen) atoms. The molecule has 110 valence electrons. The SMILES string of the molecule is C[C@H](O)c1cc(F)ccc1N1CCC(N2CCCC2)C1. The van der Waals surface area contributed by atoms with E-state index in [2.05, 4.69) is 9.80 Å². The van der Waals surface area contributed by atoms with Crippen molar-refractivity contribution in [1.82, 2.24) is 4.90 Å². The number of halogens is 1. The van der Waals surface area contributed by atoms with Crippen LogP contribution < -0.4 is 4.90 Å². The molecule has 2 fully saturated rings. The smallest absolute Gasteiger partial charge is 0.123 e. The predicted octanol–water partition coefficient (Wildman–Crippen LogP) is 2.55. The number of rotatable bonds is 3. The highest BCUT2D eigenvalue weighted by Crippen LogP contribution is 2.31. The molecule has 2 heterocycles. The normalized spacial score (nSPS) is 25.4. The van der Waals surface area contributed by atoms with Crippen LogP contribution in [0.15, 0.2) is 18.2 Å². The first-order valence-electron chi connectivity index (χ1n) is 7.61. The van der Waals surface area contributed by atoms with Crippen LogP contribution in [0, 0.1) is 5.82 Å². The van der Waals surface area contributed by atoms with E-state index in [0.717, 1.165) is 25.2 Å². The maximum absolute atomic E-state index is 13.4. The number of nitrogens with zero attached hydrogens (tertiary/aromatic N) is 2. The van der Waals surface area contributed by atoms with Gasteiger partial charge in [0.1, 0.15) is 5.82 Å². The topological polar surface area (TPSA) is 26.7 Å². The Kier molecular flexibility index (Phi) is 3.94. The van der Waals surface area contributed by atoms with Gasteiger partial charge >= 0.3 is 0 Å². The highest BCUT2D eigenvalue weighted by atomic mass is 19.1. The largest absolute Gasteiger partial charge is 0.389 e. The number of aliphatic hydroxyl groups is 1. The summed E-state index contributed by atoms with van der Waals surface area (Å²) in [5, 5.41) is 9.86. The molecular formula is C16H23FN2O. The number of aliphatic hydroxyl groups excluding tert-OH is 1. The third-order valence-corrected chi connectivity index (χ3v) is 4.60. The zero-order chi connectivity index (χ0) is 14.1. The molecule has 0 aliphatic carbocycles. The Labute approximate surface area is 120 Å². The number of hydrogen-bond donors (Lipinski definition) is 1. The number of anilines is 1. The molecule has 1 N–H and O–H groups in total. The van der Waals surface area contributed by atoms with Gasteiger partial charge in [0.2, 0.25) is 0 Å². The van der Waals surface area contributed by atoms with E-state index in [1.807, 2.05) is 6.07 Å². The second-order valence-electron chi connectivity index (χ2n) is 6.01. The second kappa shape index (κ2) is 5.70. The van der Waals surface area contributed by atoms with Crippen molar-refractivity contribution in [2.24, 2.45) is 0 Å². The van der Waals surface area contributed by atoms with Gasteiger partial charge in [-0.15, -0.1) is 0 Å². The summed E-state index contributed by atoms with van der Waals surface area (Å²) in [4.78, 5) is 4.87. The van der Waals surface area contributed by atoms with E-state index < -0.39 is 6.10 Å². The lowest BCUT2D eigenvalue weighted by molar-refractivity contribution is 0.199. The molecule has 0 spiro atoms. The molecule has 0 amide bonds. The van der Waals surface area contributed by atoms with Crippen molar-refractivity contribution in [2.45, 2.75) is 38.3 Å². The Balaban J connectivity index is 1.77. The summed E-state index contributed by atoms with van der Waals surface area (Å²) in [6.45, 7) is 6.11. The summed E-state index contributed by atoms with van der Waals surface area (Å²) in [5.41, 5.74) is 1.69. The number of likely N-dealkylation sites (tertiary alicyclic amines) is 1. The van der Waals surface area contributed by atoms with Gasteiger partial charge in [0.25, 0.3) is 0 Å². The monoisotopic (exact) mass is 278 g/mol. The van der Waals surface area contributed by atoms with Crippen LogP contribution in [0.2, 0.25) is 0 Å². The van der Waals surface area contributed by atoms with Crippen LogP contribution in [0.3, 0.4) is 0 Å². The molecule has 1 aromatic rings. The minimum atomic E-state index is -0.633. The van der Waals surface area contributed by atoms with Gasteiger partial charge in [0, 0.05) is 30.4 Å². The molecule has 3 rings (SSSR count). The summed E-state index contributed by atoms with van der Waals surface area (Å²) in [6.07, 6.45) is 3.15. The molecular weight excluding hydrogens is 255 g/mol. The van der Waals surface area contributed by atoms with Gasteiger partial charge in [-0.05, 0) is 57.5 Å². The molecule has 2 aliphatic rings. The van der Waals surface area contributed by atoms with Gasteiger partial charge in [0.05, 0.1) is 6.10 Å². The zero-order valence-electron chi connectivity index (χ0n) is 12.1. The lowest BCUT2D eigenvalue weighted by Crippen LogP contribution is -2.35. The molecule has 2 atom stereocenters. The lowest BCUT2D eigenvalue weighted by Gasteiger charge is -2.26. The molecule has 2 aliphatic heterocycles. The maximum Gasteiger partial charge on any atom is 0.123 e. The molecule has 0 radical (unpaired) electrons. The summed E-state index contributed by atoms with van der Waals surface area (Å²) in [7, 11) is 0. The summed E-state index contributed by atoms with van der Waals surface area (Å²) >= 11 is 0. The van der Waals surface area contributed by atoms with Gasteiger partial charge < -0.3 is 10.0 Å². The van der Waals surface area contributed by atoms with Crippen LogP contribution in [0.1, 0.15) is 37.9 Å². The van der Waals surface area contributed by atoms with Crippen LogP contribution in [0.4, 0.5) is 10.1 Å². The van der Waals surface area contributed by atoms with E-state index in [1.165, 1.54) is 38.1 Å². The van der Waals surface area contributed by atoms with E-state index in [4.69, 9.17) is 0 Å². The molecule has 3 nitrogen and oxygen atoms in total. The molecule has 0 saturated carbocycles. The fraction of sp³-hybridized carbons (Fsp3) is 0.625. The molecule has 0 bridgehead atoms. The van der Waals surface area contributed by atoms with Crippen molar-refractivity contribution in [3.05, 3.63) is 29.6 Å². The van der Waals surface area contributed by atoms with Crippen molar-refractivity contribution in [3.63, 3.8) is 0 Å². The first-order valence-corrected chi connectivity index (χ1v) is 7.61. The Bertz CT molecular complexity index is 472. The van der Waals surface area contributed by atoms with Crippen molar-refractivity contribution in [2.75, 3.05) is 31.1 Å². The van der Waals surface area contributed by atoms with Crippen molar-refractivity contribution in [3.8, 4) is 0 Å². The molecule has 1 unspecified atom stereocenters. The van der Waals surface area contributed by atoms with Crippen LogP contribution in [-0.4, -0.2) is 42.2 Å². The Morgan fingerprint density at radius 1 is 1.25 bits per heavy atom. The van der Waals surface area contributed by atoms with Gasteiger partial charge in [-0.25, -0.2) is 4.39 Å². The second-order valence-corrected chi connectivity index (χ2v) is 6.01. The maximum atomic E-state index is 13.4. The average Bonchev–Trinajstić information content (AvgIpc) is 3.09. The van der Waals surface area contributed by atoms with Gasteiger partial charge in [0.15, 0.2) is 0 Å².